The lowest BCUT2D eigenvalue weighted by atomic mass is 10.1. The number of nitrogen functional groups attached to an aromatic ring is 1. The van der Waals surface area contributed by atoms with Crippen LogP contribution in [0.5, 0.6) is 5.75 Å². The van der Waals surface area contributed by atoms with Gasteiger partial charge in [-0.15, -0.1) is 0 Å². The van der Waals surface area contributed by atoms with Gasteiger partial charge in [0.2, 0.25) is 5.91 Å². The van der Waals surface area contributed by atoms with Gasteiger partial charge in [0, 0.05) is 12.6 Å². The zero-order valence-electron chi connectivity index (χ0n) is 15.2. The smallest absolute Gasteiger partial charge is 0.293 e. The van der Waals surface area contributed by atoms with Crippen molar-refractivity contribution in [1.29, 1.82) is 0 Å². The van der Waals surface area contributed by atoms with E-state index in [9.17, 15) is 9.59 Å². The molecule has 0 unspecified atom stereocenters. The minimum absolute atomic E-state index is 0.0921. The average Bonchev–Trinajstić information content (AvgIpc) is 2.95. The molecule has 7 heteroatoms. The van der Waals surface area contributed by atoms with E-state index in [4.69, 9.17) is 10.5 Å². The van der Waals surface area contributed by atoms with E-state index in [2.05, 4.69) is 21.9 Å². The Morgan fingerprint density at radius 3 is 2.52 bits per heavy atom. The number of ether oxygens (including phenoxy) is 2. The van der Waals surface area contributed by atoms with Crippen molar-refractivity contribution in [3.63, 3.8) is 0 Å². The number of nitrogens with one attached hydrogen (secondary N) is 2. The number of hydrogen-bond donors (Lipinski definition) is 3. The molecule has 0 aliphatic carbocycles. The summed E-state index contributed by atoms with van der Waals surface area (Å²) >= 11 is 0. The third-order valence-corrected chi connectivity index (χ3v) is 3.33. The van der Waals surface area contributed by atoms with Gasteiger partial charge in [-0.25, -0.2) is 0 Å². The molecule has 0 spiro atoms. The van der Waals surface area contributed by atoms with Crippen molar-refractivity contribution in [1.82, 2.24) is 5.32 Å². The van der Waals surface area contributed by atoms with Gasteiger partial charge in [0.1, 0.15) is 11.4 Å². The number of amides is 1. The van der Waals surface area contributed by atoms with Gasteiger partial charge in [0.25, 0.3) is 6.47 Å². The van der Waals surface area contributed by atoms with Gasteiger partial charge >= 0.3 is 0 Å². The Bertz CT molecular complexity index is 623. The lowest BCUT2D eigenvalue weighted by Crippen LogP contribution is -2.35. The molecule has 2 rings (SSSR count). The Morgan fingerprint density at radius 1 is 1.44 bits per heavy atom. The van der Waals surface area contributed by atoms with E-state index < -0.39 is 0 Å². The third-order valence-electron chi connectivity index (χ3n) is 3.33. The molecule has 1 saturated heterocycles. The summed E-state index contributed by atoms with van der Waals surface area (Å²) in [6.07, 6.45) is 0.669. The SMILES string of the molecule is C=C1CN[C@H](C(=O)Nc2ccc(OC)cc2N)C1.CC(C)(C)OC=O. The van der Waals surface area contributed by atoms with E-state index >= 15 is 0 Å². The topological polar surface area (TPSA) is 103 Å². The standard InChI is InChI=1S/C13H17N3O2.C5H10O2/c1-8-5-12(15-7-8)13(17)16-11-4-3-9(18-2)6-10(11)14;1-5(2,3)7-4-6/h3-4,6,12,15H,1,5,7,14H2,2H3,(H,16,17);4H,1-3H3/t12-;/m0./s1. The summed E-state index contributed by atoms with van der Waals surface area (Å²) in [5.41, 5.74) is 7.64. The van der Waals surface area contributed by atoms with Crippen molar-refractivity contribution in [2.75, 3.05) is 24.7 Å². The summed E-state index contributed by atoms with van der Waals surface area (Å²) in [5.74, 6) is 0.573. The molecule has 0 aromatic heterocycles. The molecular weight excluding hydrogens is 322 g/mol. The van der Waals surface area contributed by atoms with Crippen LogP contribution in [0.1, 0.15) is 27.2 Å². The first-order valence-corrected chi connectivity index (χ1v) is 7.92. The molecule has 1 atom stereocenters. The number of methoxy groups -OCH3 is 1. The summed E-state index contributed by atoms with van der Waals surface area (Å²) in [5, 5.41) is 5.89. The molecular formula is C18H27N3O4. The first-order chi connectivity index (χ1) is 11.7. The van der Waals surface area contributed by atoms with Crippen molar-refractivity contribution >= 4 is 23.8 Å². The van der Waals surface area contributed by atoms with Crippen LogP contribution < -0.4 is 21.1 Å². The van der Waals surface area contributed by atoms with E-state index in [1.54, 1.807) is 25.3 Å². The highest BCUT2D eigenvalue weighted by Crippen LogP contribution is 2.24. The molecule has 1 aromatic carbocycles. The average molecular weight is 349 g/mol. The van der Waals surface area contributed by atoms with Crippen LogP contribution in [0.2, 0.25) is 0 Å². The Labute approximate surface area is 148 Å². The molecule has 1 aliphatic rings. The van der Waals surface area contributed by atoms with E-state index in [-0.39, 0.29) is 17.6 Å². The van der Waals surface area contributed by atoms with Gasteiger partial charge in [0.05, 0.1) is 24.5 Å². The van der Waals surface area contributed by atoms with Crippen LogP contribution >= 0.6 is 0 Å². The molecule has 1 aromatic rings. The van der Waals surface area contributed by atoms with Gasteiger partial charge in [-0.05, 0) is 39.3 Å². The summed E-state index contributed by atoms with van der Waals surface area (Å²) in [6, 6.07) is 4.94. The fraction of sp³-hybridized carbons (Fsp3) is 0.444. The Morgan fingerprint density at radius 2 is 2.12 bits per heavy atom. The van der Waals surface area contributed by atoms with Crippen LogP contribution in [0, 0.1) is 0 Å². The number of benzene rings is 1. The molecule has 0 saturated carbocycles. The third kappa shape index (κ3) is 7.26. The number of rotatable bonds is 4. The summed E-state index contributed by atoms with van der Waals surface area (Å²) in [4.78, 5) is 21.6. The second-order valence-corrected chi connectivity index (χ2v) is 6.66. The lowest BCUT2D eigenvalue weighted by Gasteiger charge is -2.14. The van der Waals surface area contributed by atoms with Crippen LogP contribution in [0.15, 0.2) is 30.4 Å². The Balaban J connectivity index is 0.000000381. The van der Waals surface area contributed by atoms with Crippen LogP contribution in [0.25, 0.3) is 0 Å². The van der Waals surface area contributed by atoms with Gasteiger partial charge in [-0.3, -0.25) is 9.59 Å². The fourth-order valence-corrected chi connectivity index (χ4v) is 2.03. The summed E-state index contributed by atoms with van der Waals surface area (Å²) in [6.45, 7) is 10.5. The Kier molecular flexibility index (Phi) is 7.44. The zero-order valence-corrected chi connectivity index (χ0v) is 15.2. The van der Waals surface area contributed by atoms with E-state index in [0.29, 0.717) is 36.6 Å². The zero-order chi connectivity index (χ0) is 19.0. The molecule has 138 valence electrons. The normalized spacial score (nSPS) is 16.5. The molecule has 1 heterocycles. The van der Waals surface area contributed by atoms with Crippen LogP contribution in [-0.2, 0) is 14.3 Å². The molecule has 7 nitrogen and oxygen atoms in total. The van der Waals surface area contributed by atoms with Gasteiger partial charge < -0.3 is 25.8 Å². The maximum atomic E-state index is 12.0. The van der Waals surface area contributed by atoms with E-state index in [1.807, 2.05) is 20.8 Å². The number of nitrogens with two attached hydrogens (primary N) is 1. The number of anilines is 2. The lowest BCUT2D eigenvalue weighted by molar-refractivity contribution is -0.138. The number of carbonyl (C=O) groups excluding carboxylic acids is 2. The van der Waals surface area contributed by atoms with Gasteiger partial charge in [0.15, 0.2) is 0 Å². The highest BCUT2D eigenvalue weighted by atomic mass is 16.5. The number of carbonyl (C=O) groups is 2. The number of hydrogen-bond acceptors (Lipinski definition) is 6. The Hall–Kier alpha value is -2.54. The minimum Gasteiger partial charge on any atom is -0.497 e. The van der Waals surface area contributed by atoms with Crippen molar-refractivity contribution in [3.8, 4) is 5.75 Å². The quantitative estimate of drug-likeness (QED) is 0.437. The molecule has 1 aliphatic heterocycles. The first kappa shape index (κ1) is 20.5. The first-order valence-electron chi connectivity index (χ1n) is 7.92. The predicted molar refractivity (Wildman–Crippen MR) is 98.5 cm³/mol. The van der Waals surface area contributed by atoms with E-state index in [1.165, 1.54) is 0 Å². The monoisotopic (exact) mass is 349 g/mol. The summed E-state index contributed by atoms with van der Waals surface area (Å²) < 4.78 is 9.60. The van der Waals surface area contributed by atoms with Crippen LogP contribution in [-0.4, -0.2) is 37.7 Å². The van der Waals surface area contributed by atoms with Crippen LogP contribution in [0.4, 0.5) is 11.4 Å². The molecule has 0 radical (unpaired) electrons. The van der Waals surface area contributed by atoms with Gasteiger partial charge in [-0.1, -0.05) is 12.2 Å². The molecule has 0 bridgehead atoms. The predicted octanol–water partition coefficient (Wildman–Crippen LogP) is 2.09. The molecule has 25 heavy (non-hydrogen) atoms. The maximum absolute atomic E-state index is 12.0. The maximum Gasteiger partial charge on any atom is 0.293 e. The molecule has 1 amide bonds. The second kappa shape index (κ2) is 9.08. The molecule has 1 fully saturated rings. The second-order valence-electron chi connectivity index (χ2n) is 6.66. The fourth-order valence-electron chi connectivity index (χ4n) is 2.03. The van der Waals surface area contributed by atoms with Crippen molar-refractivity contribution in [2.24, 2.45) is 0 Å². The molecule has 4 N–H and O–H groups in total. The van der Waals surface area contributed by atoms with Crippen molar-refractivity contribution in [3.05, 3.63) is 30.4 Å². The van der Waals surface area contributed by atoms with E-state index in [0.717, 1.165) is 5.57 Å². The largest absolute Gasteiger partial charge is 0.497 e. The highest BCUT2D eigenvalue weighted by molar-refractivity contribution is 5.97. The highest BCUT2D eigenvalue weighted by Gasteiger charge is 2.24. The van der Waals surface area contributed by atoms with Crippen molar-refractivity contribution in [2.45, 2.75) is 38.8 Å². The minimum atomic E-state index is -0.318. The van der Waals surface area contributed by atoms with Crippen LogP contribution in [0.3, 0.4) is 0 Å². The summed E-state index contributed by atoms with van der Waals surface area (Å²) in [7, 11) is 1.57. The van der Waals surface area contributed by atoms with Gasteiger partial charge in [-0.2, -0.15) is 0 Å². The van der Waals surface area contributed by atoms with Crippen molar-refractivity contribution < 1.29 is 19.1 Å².